The number of carbonyl (C=O) groups is 1. The van der Waals surface area contributed by atoms with E-state index in [1.165, 1.54) is 11.3 Å². The lowest BCUT2D eigenvalue weighted by Gasteiger charge is -2.38. The zero-order valence-corrected chi connectivity index (χ0v) is 15.1. The second-order valence-corrected chi connectivity index (χ2v) is 8.82. The van der Waals surface area contributed by atoms with Gasteiger partial charge in [0.15, 0.2) is 5.82 Å². The fraction of sp³-hybridized carbons (Fsp3) is 0.562. The van der Waals surface area contributed by atoms with Crippen LogP contribution in [0.5, 0.6) is 0 Å². The van der Waals surface area contributed by atoms with Crippen LogP contribution >= 0.6 is 27.3 Å². The highest BCUT2D eigenvalue weighted by Crippen LogP contribution is 2.50. The monoisotopic (exact) mass is 395 g/mol. The minimum atomic E-state index is -0.140. The van der Waals surface area contributed by atoms with E-state index in [0.29, 0.717) is 12.3 Å². The predicted octanol–water partition coefficient (Wildman–Crippen LogP) is 4.09. The molecule has 0 spiro atoms. The molecule has 7 heteroatoms. The Morgan fingerprint density at radius 3 is 2.87 bits per heavy atom. The van der Waals surface area contributed by atoms with Gasteiger partial charge >= 0.3 is 0 Å². The normalized spacial score (nSPS) is 23.9. The van der Waals surface area contributed by atoms with Crippen LogP contribution < -0.4 is 5.32 Å². The van der Waals surface area contributed by atoms with Gasteiger partial charge in [0.25, 0.3) is 0 Å². The number of carbonyl (C=O) groups excluding carboxylic acids is 1. The molecule has 1 saturated heterocycles. The van der Waals surface area contributed by atoms with Gasteiger partial charge in [0, 0.05) is 11.3 Å². The maximum atomic E-state index is 11.8. The third-order valence-corrected chi connectivity index (χ3v) is 6.73. The van der Waals surface area contributed by atoms with Gasteiger partial charge in [-0.2, -0.15) is 4.98 Å². The van der Waals surface area contributed by atoms with E-state index in [0.717, 1.165) is 41.7 Å². The Bertz CT molecular complexity index is 722. The lowest BCUT2D eigenvalue weighted by molar-refractivity contribution is -0.121. The maximum Gasteiger partial charge on any atom is 0.249 e. The number of nitrogens with one attached hydrogen (secondary N) is 1. The Labute approximate surface area is 147 Å². The van der Waals surface area contributed by atoms with Gasteiger partial charge in [0.05, 0.1) is 9.20 Å². The molecule has 3 heterocycles. The fourth-order valence-corrected chi connectivity index (χ4v) is 5.04. The first kappa shape index (κ1) is 15.3. The molecular formula is C16H18BrN3O2S. The molecule has 2 fully saturated rings. The summed E-state index contributed by atoms with van der Waals surface area (Å²) in [4.78, 5) is 17.7. The van der Waals surface area contributed by atoms with Crippen LogP contribution in [0, 0.1) is 0 Å². The van der Waals surface area contributed by atoms with Crippen LogP contribution in [0.3, 0.4) is 0 Å². The van der Waals surface area contributed by atoms with Crippen LogP contribution in [-0.2, 0) is 10.2 Å². The van der Waals surface area contributed by atoms with E-state index in [2.05, 4.69) is 43.5 Å². The molecule has 5 nitrogen and oxygen atoms in total. The molecule has 2 aliphatic rings. The molecule has 1 atom stereocenters. The van der Waals surface area contributed by atoms with Gasteiger partial charge < -0.3 is 9.84 Å². The second-order valence-electron chi connectivity index (χ2n) is 6.36. The summed E-state index contributed by atoms with van der Waals surface area (Å²) in [5.41, 5.74) is -0.104. The van der Waals surface area contributed by atoms with Gasteiger partial charge in [-0.05, 0) is 53.7 Å². The molecule has 2 aromatic heterocycles. The smallest absolute Gasteiger partial charge is 0.249 e. The number of nitrogens with zero attached hydrogens (tertiary/aromatic N) is 2. The molecule has 4 rings (SSSR count). The molecule has 122 valence electrons. The Morgan fingerprint density at radius 2 is 2.17 bits per heavy atom. The van der Waals surface area contributed by atoms with Gasteiger partial charge in [0.1, 0.15) is 6.04 Å². The summed E-state index contributed by atoms with van der Waals surface area (Å²) in [7, 11) is 0. The van der Waals surface area contributed by atoms with Crippen molar-refractivity contribution in [2.24, 2.45) is 0 Å². The first-order chi connectivity index (χ1) is 11.2. The third kappa shape index (κ3) is 2.74. The number of amides is 1. The predicted molar refractivity (Wildman–Crippen MR) is 90.3 cm³/mol. The molecule has 0 unspecified atom stereocenters. The standard InChI is InChI=1S/C16H18BrN3O2S/c17-12-7-6-11(23-12)16(8-3-9-16)15-19-14(22-20-15)10-4-1-2-5-13(21)18-10/h6-7,10H,1-5,8-9H2,(H,18,21)/t10-/m0/s1. The number of aromatic nitrogens is 2. The Balaban J connectivity index is 1.63. The fourth-order valence-electron chi connectivity index (χ4n) is 3.41. The van der Waals surface area contributed by atoms with Crippen molar-refractivity contribution in [3.8, 4) is 0 Å². The molecule has 2 aromatic rings. The van der Waals surface area contributed by atoms with E-state index in [-0.39, 0.29) is 17.4 Å². The SMILES string of the molecule is O=C1CCCC[C@@H](c2nc(C3(c4ccc(Br)s4)CCC3)no2)N1. The first-order valence-electron chi connectivity index (χ1n) is 8.07. The Kier molecular flexibility index (Phi) is 4.01. The summed E-state index contributed by atoms with van der Waals surface area (Å²) in [5, 5.41) is 7.28. The number of thiophene rings is 1. The van der Waals surface area contributed by atoms with Crippen molar-refractivity contribution in [1.29, 1.82) is 0 Å². The molecule has 1 N–H and O–H groups in total. The van der Waals surface area contributed by atoms with Crippen LogP contribution in [0.15, 0.2) is 20.4 Å². The Morgan fingerprint density at radius 1 is 1.30 bits per heavy atom. The maximum absolute atomic E-state index is 11.8. The van der Waals surface area contributed by atoms with Crippen molar-refractivity contribution in [1.82, 2.24) is 15.5 Å². The minimum absolute atomic E-state index is 0.0767. The highest BCUT2D eigenvalue weighted by Gasteiger charge is 2.46. The summed E-state index contributed by atoms with van der Waals surface area (Å²) in [6.07, 6.45) is 6.67. The molecule has 0 radical (unpaired) electrons. The average molecular weight is 396 g/mol. The molecule has 1 aliphatic heterocycles. The molecule has 23 heavy (non-hydrogen) atoms. The zero-order chi connectivity index (χ0) is 15.9. The molecular weight excluding hydrogens is 378 g/mol. The summed E-state index contributed by atoms with van der Waals surface area (Å²) in [5.74, 6) is 1.40. The highest BCUT2D eigenvalue weighted by molar-refractivity contribution is 9.11. The van der Waals surface area contributed by atoms with Crippen LogP contribution in [0.2, 0.25) is 0 Å². The number of rotatable bonds is 3. The van der Waals surface area contributed by atoms with Crippen LogP contribution in [0.1, 0.15) is 67.6 Å². The molecule has 1 saturated carbocycles. The number of hydrogen-bond donors (Lipinski definition) is 1. The largest absolute Gasteiger partial charge is 0.344 e. The first-order valence-corrected chi connectivity index (χ1v) is 9.68. The average Bonchev–Trinajstić information content (AvgIpc) is 3.07. The van der Waals surface area contributed by atoms with E-state index in [4.69, 9.17) is 4.52 Å². The molecule has 1 aliphatic carbocycles. The summed E-state index contributed by atoms with van der Waals surface area (Å²) in [6.45, 7) is 0. The van der Waals surface area contributed by atoms with E-state index in [9.17, 15) is 4.79 Å². The minimum Gasteiger partial charge on any atom is -0.344 e. The molecule has 0 aromatic carbocycles. The lowest BCUT2D eigenvalue weighted by Crippen LogP contribution is -2.36. The van der Waals surface area contributed by atoms with Crippen molar-refractivity contribution in [3.05, 3.63) is 32.5 Å². The summed E-state index contributed by atoms with van der Waals surface area (Å²) < 4.78 is 6.66. The number of hydrogen-bond acceptors (Lipinski definition) is 5. The van der Waals surface area contributed by atoms with Gasteiger partial charge in [-0.15, -0.1) is 11.3 Å². The topological polar surface area (TPSA) is 68.0 Å². The van der Waals surface area contributed by atoms with Crippen LogP contribution in [0.4, 0.5) is 0 Å². The molecule has 1 amide bonds. The second kappa shape index (κ2) is 6.02. The van der Waals surface area contributed by atoms with Crippen molar-refractivity contribution < 1.29 is 9.32 Å². The zero-order valence-electron chi connectivity index (χ0n) is 12.7. The third-order valence-electron chi connectivity index (χ3n) is 4.90. The van der Waals surface area contributed by atoms with Gasteiger partial charge in [-0.1, -0.05) is 18.0 Å². The van der Waals surface area contributed by atoms with E-state index >= 15 is 0 Å². The van der Waals surface area contributed by atoms with Crippen molar-refractivity contribution in [3.63, 3.8) is 0 Å². The summed E-state index contributed by atoms with van der Waals surface area (Å²) in [6, 6.07) is 4.09. The van der Waals surface area contributed by atoms with Gasteiger partial charge in [-0.25, -0.2) is 0 Å². The van der Waals surface area contributed by atoms with Gasteiger partial charge in [-0.3, -0.25) is 4.79 Å². The van der Waals surface area contributed by atoms with E-state index < -0.39 is 0 Å². The van der Waals surface area contributed by atoms with Crippen LogP contribution in [0.25, 0.3) is 0 Å². The van der Waals surface area contributed by atoms with E-state index in [1.807, 2.05) is 0 Å². The van der Waals surface area contributed by atoms with Crippen molar-refractivity contribution >= 4 is 33.2 Å². The van der Waals surface area contributed by atoms with E-state index in [1.54, 1.807) is 11.3 Å². The van der Waals surface area contributed by atoms with Crippen molar-refractivity contribution in [2.75, 3.05) is 0 Å². The van der Waals surface area contributed by atoms with Gasteiger partial charge in [0.2, 0.25) is 11.8 Å². The Hall–Kier alpha value is -1.21. The molecule has 0 bridgehead atoms. The lowest BCUT2D eigenvalue weighted by atomic mass is 9.67. The highest BCUT2D eigenvalue weighted by atomic mass is 79.9. The van der Waals surface area contributed by atoms with Crippen LogP contribution in [-0.4, -0.2) is 16.0 Å². The van der Waals surface area contributed by atoms with Crippen molar-refractivity contribution in [2.45, 2.75) is 56.4 Å². The summed E-state index contributed by atoms with van der Waals surface area (Å²) >= 11 is 5.28. The number of halogens is 1. The quantitative estimate of drug-likeness (QED) is 0.849.